The van der Waals surface area contributed by atoms with Gasteiger partial charge in [-0.1, -0.05) is 60.7 Å². The number of nitrogens with one attached hydrogen (secondary N) is 1. The smallest absolute Gasteiger partial charge is 0.263 e. The second-order valence-corrected chi connectivity index (χ2v) is 12.3. The molecule has 8 nitrogen and oxygen atoms in total. The third-order valence-corrected chi connectivity index (χ3v) is 9.14. The number of carbonyl (C=O) groups is 1. The topological polar surface area (TPSA) is 101 Å². The number of carbonyl (C=O) groups excluding carboxylic acids is 1. The first-order valence-electron chi connectivity index (χ1n) is 14.3. The number of fused-ring (bicyclic) bond motifs is 1. The van der Waals surface area contributed by atoms with Crippen LogP contribution in [0.4, 0.5) is 0 Å². The van der Waals surface area contributed by atoms with Gasteiger partial charge >= 0.3 is 0 Å². The Bertz CT molecular complexity index is 1910. The molecule has 2 aliphatic rings. The minimum atomic E-state index is -1.48. The number of aryl methyl sites for hydroxylation is 2. The fourth-order valence-electron chi connectivity index (χ4n) is 5.98. The molecule has 44 heavy (non-hydrogen) atoms. The van der Waals surface area contributed by atoms with E-state index < -0.39 is 22.4 Å². The number of amides is 1. The molecule has 1 fully saturated rings. The summed E-state index contributed by atoms with van der Waals surface area (Å²) in [6, 6.07) is 13.0. The molecule has 2 unspecified atom stereocenters. The number of allylic oxidation sites excluding steroid dienone is 2. The minimum absolute atomic E-state index is 0.0715. The van der Waals surface area contributed by atoms with Crippen LogP contribution in [-0.4, -0.2) is 50.0 Å². The summed E-state index contributed by atoms with van der Waals surface area (Å²) >= 11 is 14.1. The second kappa shape index (κ2) is 11.9. The van der Waals surface area contributed by atoms with Gasteiger partial charge in [0.05, 0.1) is 16.5 Å². The molecule has 3 atom stereocenters. The number of β-amino-alcohol motifs (C(OH)–C–C–N with tert-alkyl or cyclic N) is 1. The van der Waals surface area contributed by atoms with Crippen molar-refractivity contribution in [2.45, 2.75) is 36.9 Å². The third-order valence-electron chi connectivity index (χ3n) is 8.28. The highest BCUT2D eigenvalue weighted by atomic mass is 35.5. The molecule has 2 N–H and O–H groups in total. The number of benzene rings is 2. The summed E-state index contributed by atoms with van der Waals surface area (Å²) in [6.07, 6.45) is 9.01. The Morgan fingerprint density at radius 1 is 1.30 bits per heavy atom. The van der Waals surface area contributed by atoms with Gasteiger partial charge in [0.2, 0.25) is 5.89 Å². The Kier molecular flexibility index (Phi) is 8.11. The summed E-state index contributed by atoms with van der Waals surface area (Å²) in [4.78, 5) is 34.0. The fraction of sp³-hybridized carbons (Fsp3) is 0.265. The van der Waals surface area contributed by atoms with Crippen molar-refractivity contribution >= 4 is 51.9 Å². The lowest BCUT2D eigenvalue weighted by molar-refractivity contribution is 0.0905. The summed E-state index contributed by atoms with van der Waals surface area (Å²) in [5, 5.41) is 12.5. The van der Waals surface area contributed by atoms with Crippen LogP contribution < -0.4 is 10.9 Å². The summed E-state index contributed by atoms with van der Waals surface area (Å²) in [7, 11) is 1.58. The first-order chi connectivity index (χ1) is 21.1. The van der Waals surface area contributed by atoms with Crippen molar-refractivity contribution < 1.29 is 14.3 Å². The lowest BCUT2D eigenvalue weighted by Gasteiger charge is -2.36. The van der Waals surface area contributed by atoms with Gasteiger partial charge in [-0.3, -0.25) is 14.5 Å². The lowest BCUT2D eigenvalue weighted by Crippen LogP contribution is -2.53. The Hall–Kier alpha value is -3.95. The fourth-order valence-corrected chi connectivity index (χ4v) is 6.66. The van der Waals surface area contributed by atoms with Gasteiger partial charge in [-0.05, 0) is 65.4 Å². The van der Waals surface area contributed by atoms with Gasteiger partial charge in [0, 0.05) is 32.9 Å². The number of aromatic nitrogens is 2. The first-order valence-corrected chi connectivity index (χ1v) is 15.2. The molecular formula is C34H32Cl2N4O4. The normalized spacial score (nSPS) is 21.9. The Balaban J connectivity index is 1.46. The van der Waals surface area contributed by atoms with Gasteiger partial charge in [0.15, 0.2) is 11.1 Å². The minimum Gasteiger partial charge on any atom is -0.436 e. The first kappa shape index (κ1) is 30.1. The number of likely N-dealkylation sites (tertiary alicyclic amines) is 1. The van der Waals surface area contributed by atoms with Crippen LogP contribution in [0.2, 0.25) is 5.02 Å². The molecule has 226 valence electrons. The van der Waals surface area contributed by atoms with Crippen LogP contribution >= 0.6 is 23.2 Å². The molecule has 1 saturated heterocycles. The summed E-state index contributed by atoms with van der Waals surface area (Å²) in [5.41, 5.74) is 3.03. The number of oxazole rings is 1. The highest BCUT2D eigenvalue weighted by molar-refractivity contribution is 6.34. The van der Waals surface area contributed by atoms with Crippen LogP contribution in [-0.2, 0) is 19.1 Å². The average molecular weight is 632 g/mol. The molecule has 0 saturated carbocycles. The molecule has 2 aromatic carbocycles. The second-order valence-electron chi connectivity index (χ2n) is 11.4. The molecule has 4 aromatic rings. The van der Waals surface area contributed by atoms with E-state index in [2.05, 4.69) is 16.8 Å². The Morgan fingerprint density at radius 3 is 2.82 bits per heavy atom. The van der Waals surface area contributed by atoms with Gasteiger partial charge in [0.25, 0.3) is 11.5 Å². The molecule has 2 aromatic heterocycles. The number of nitrogens with zero attached hydrogens (tertiary/aromatic N) is 3. The monoisotopic (exact) mass is 630 g/mol. The van der Waals surface area contributed by atoms with E-state index in [0.717, 1.165) is 35.2 Å². The van der Waals surface area contributed by atoms with E-state index >= 15 is 0 Å². The maximum absolute atomic E-state index is 14.0. The van der Waals surface area contributed by atoms with E-state index in [1.54, 1.807) is 31.5 Å². The van der Waals surface area contributed by atoms with Crippen molar-refractivity contribution in [3.63, 3.8) is 0 Å². The van der Waals surface area contributed by atoms with Crippen LogP contribution in [0.1, 0.15) is 44.9 Å². The lowest BCUT2D eigenvalue weighted by atomic mass is 9.81. The largest absolute Gasteiger partial charge is 0.436 e. The van der Waals surface area contributed by atoms with Gasteiger partial charge in [0.1, 0.15) is 11.1 Å². The molecule has 0 bridgehead atoms. The van der Waals surface area contributed by atoms with E-state index in [1.165, 1.54) is 10.6 Å². The average Bonchev–Trinajstić information content (AvgIpc) is 3.62. The molecular weight excluding hydrogens is 599 g/mol. The van der Waals surface area contributed by atoms with Crippen molar-refractivity contribution in [2.24, 2.45) is 7.05 Å². The highest BCUT2D eigenvalue weighted by Crippen LogP contribution is 2.43. The third kappa shape index (κ3) is 5.43. The van der Waals surface area contributed by atoms with E-state index in [0.29, 0.717) is 34.8 Å². The highest BCUT2D eigenvalue weighted by Gasteiger charge is 2.47. The molecule has 0 spiro atoms. The number of aliphatic hydroxyl groups is 1. The Labute approximate surface area is 264 Å². The molecule has 0 radical (unpaired) electrons. The van der Waals surface area contributed by atoms with E-state index in [9.17, 15) is 14.7 Å². The number of hydrogen-bond acceptors (Lipinski definition) is 6. The number of hydrogen-bond donors (Lipinski definition) is 2. The standard InChI is InChI=1S/C34H32Cl2N4O4/c1-4-21-14-26(32(43)39(3)17-21)31(42)38-34(12-7-10-25(30(34)36)24-9-6-5-8-20(24)2)33-37-28-16-22(15-27(35)29(28)44-33)18-40-13-11-23(41)19-40/h4-10,12,14-17,23,30,41H,1,11,13,18-19H2,2-3H3,(H,38,42)/t23?,30-,34?/m1/s1. The summed E-state index contributed by atoms with van der Waals surface area (Å²) in [5.74, 6) is -0.513. The molecule has 3 heterocycles. The quantitative estimate of drug-likeness (QED) is 0.258. The van der Waals surface area contributed by atoms with Crippen molar-refractivity contribution in [1.82, 2.24) is 19.8 Å². The van der Waals surface area contributed by atoms with Gasteiger partial charge in [-0.2, -0.15) is 0 Å². The van der Waals surface area contributed by atoms with Crippen molar-refractivity contribution in [2.75, 3.05) is 13.1 Å². The number of halogens is 2. The van der Waals surface area contributed by atoms with Gasteiger partial charge < -0.3 is 19.4 Å². The zero-order valence-electron chi connectivity index (χ0n) is 24.4. The predicted molar refractivity (Wildman–Crippen MR) is 174 cm³/mol. The molecule has 1 aliphatic heterocycles. The SMILES string of the molecule is C=Cc1cc(C(=O)NC2(c3nc4cc(CN5CCC(O)C5)cc(Cl)c4o3)C=CC=C(c3ccccc3C)[C@H]2Cl)c(=O)n(C)c1. The van der Waals surface area contributed by atoms with E-state index in [4.69, 9.17) is 32.6 Å². The van der Waals surface area contributed by atoms with Crippen LogP contribution in [0.15, 0.2) is 82.7 Å². The molecule has 10 heteroatoms. The number of rotatable bonds is 7. The maximum atomic E-state index is 14.0. The predicted octanol–water partition coefficient (Wildman–Crippen LogP) is 5.58. The summed E-state index contributed by atoms with van der Waals surface area (Å²) in [6.45, 7) is 7.74. The van der Waals surface area contributed by atoms with Crippen LogP contribution in [0.5, 0.6) is 0 Å². The van der Waals surface area contributed by atoms with Crippen molar-refractivity contribution in [3.05, 3.63) is 123 Å². The van der Waals surface area contributed by atoms with Crippen LogP contribution in [0, 0.1) is 6.92 Å². The van der Waals surface area contributed by atoms with Crippen molar-refractivity contribution in [3.8, 4) is 0 Å². The zero-order chi connectivity index (χ0) is 31.2. The zero-order valence-corrected chi connectivity index (χ0v) is 25.9. The van der Waals surface area contributed by atoms with Crippen LogP contribution in [0.25, 0.3) is 22.7 Å². The Morgan fingerprint density at radius 2 is 2.09 bits per heavy atom. The molecule has 1 aliphatic carbocycles. The maximum Gasteiger partial charge on any atom is 0.263 e. The van der Waals surface area contributed by atoms with Gasteiger partial charge in [-0.25, -0.2) is 4.98 Å². The van der Waals surface area contributed by atoms with E-state index in [1.807, 2.05) is 49.4 Å². The molecule has 1 amide bonds. The van der Waals surface area contributed by atoms with Crippen LogP contribution in [0.3, 0.4) is 0 Å². The number of pyridine rings is 1. The van der Waals surface area contributed by atoms with E-state index in [-0.39, 0.29) is 17.6 Å². The van der Waals surface area contributed by atoms with Crippen molar-refractivity contribution in [1.29, 1.82) is 0 Å². The molecule has 6 rings (SSSR count). The summed E-state index contributed by atoms with van der Waals surface area (Å²) < 4.78 is 7.67. The number of aliphatic hydroxyl groups excluding tert-OH is 1. The van der Waals surface area contributed by atoms with Gasteiger partial charge in [-0.15, -0.1) is 11.6 Å². The number of alkyl halides is 1.